The molecule has 0 radical (unpaired) electrons. The van der Waals surface area contributed by atoms with Gasteiger partial charge in [0.1, 0.15) is 12.4 Å². The largest absolute Gasteiger partial charge is 0.489 e. The molecule has 0 bridgehead atoms. The molecule has 5 aromatic rings. The Balaban J connectivity index is 1.11. The Hall–Kier alpha value is -4.66. The number of H-pyrrole nitrogens is 1. The Kier molecular flexibility index (Phi) is 7.18. The molecule has 0 spiro atoms. The van der Waals surface area contributed by atoms with Crippen LogP contribution in [-0.2, 0) is 11.4 Å². The molecular weight excluding hydrogens is 506 g/mol. The number of nitrogens with one attached hydrogen (secondary N) is 2. The third-order valence-electron chi connectivity index (χ3n) is 7.81. The zero-order valence-corrected chi connectivity index (χ0v) is 22.2. The lowest BCUT2D eigenvalue weighted by Crippen LogP contribution is -2.24. The number of hydrogen-bond acceptors (Lipinski definition) is 7. The molecule has 2 heterocycles. The highest BCUT2D eigenvalue weighted by molar-refractivity contribution is 5.79. The highest BCUT2D eigenvalue weighted by Gasteiger charge is 2.29. The van der Waals surface area contributed by atoms with E-state index in [9.17, 15) is 9.90 Å². The van der Waals surface area contributed by atoms with Gasteiger partial charge in [-0.15, -0.1) is 5.10 Å². The third-order valence-corrected chi connectivity index (χ3v) is 7.81. The predicted octanol–water partition coefficient (Wildman–Crippen LogP) is 6.93. The molecule has 40 heavy (non-hydrogen) atoms. The highest BCUT2D eigenvalue weighted by Crippen LogP contribution is 2.39. The normalized spacial score (nSPS) is 17.9. The van der Waals surface area contributed by atoms with Crippen molar-refractivity contribution >= 4 is 28.7 Å². The lowest BCUT2D eigenvalue weighted by molar-refractivity contribution is -0.143. The van der Waals surface area contributed by atoms with Gasteiger partial charge in [0, 0.05) is 11.8 Å². The molecule has 1 saturated carbocycles. The van der Waals surface area contributed by atoms with Crippen LogP contribution in [0.5, 0.6) is 5.75 Å². The van der Waals surface area contributed by atoms with Gasteiger partial charge in [0.2, 0.25) is 0 Å². The van der Waals surface area contributed by atoms with E-state index >= 15 is 0 Å². The van der Waals surface area contributed by atoms with E-state index in [2.05, 4.69) is 32.6 Å². The summed E-state index contributed by atoms with van der Waals surface area (Å²) in [5.41, 5.74) is 4.82. The summed E-state index contributed by atoms with van der Waals surface area (Å²) in [6.07, 6.45) is 3.84. The maximum absolute atomic E-state index is 11.4. The molecule has 3 aromatic carbocycles. The number of fused-ring (bicyclic) bond motifs is 1. The van der Waals surface area contributed by atoms with Gasteiger partial charge >= 0.3 is 12.0 Å². The maximum atomic E-state index is 11.4. The molecule has 1 unspecified atom stereocenters. The second kappa shape index (κ2) is 11.2. The molecule has 0 saturated heterocycles. The molecular formula is C31H31N5O4. The topological polar surface area (TPSA) is 126 Å². The number of carbonyl (C=O) groups is 1. The Morgan fingerprint density at radius 3 is 2.67 bits per heavy atom. The number of benzene rings is 3. The van der Waals surface area contributed by atoms with Gasteiger partial charge in [-0.05, 0) is 72.9 Å². The fourth-order valence-corrected chi connectivity index (χ4v) is 5.43. The SMILES string of the molecule is CC(C(=O)O)[C@H]1CC[C@H](c2ccc3[nH]c(-c4nnc(Nc5cccc(OCc6ccccc6)c5)o4)nc3c2)CC1. The van der Waals surface area contributed by atoms with Crippen molar-refractivity contribution in [3.63, 3.8) is 0 Å². The smallest absolute Gasteiger partial charge is 0.320 e. The Morgan fingerprint density at radius 1 is 1.05 bits per heavy atom. The molecule has 0 aliphatic heterocycles. The number of carboxylic acids is 1. The van der Waals surface area contributed by atoms with Gasteiger partial charge in [-0.3, -0.25) is 4.79 Å². The van der Waals surface area contributed by atoms with E-state index in [4.69, 9.17) is 14.1 Å². The molecule has 0 amide bonds. The number of rotatable bonds is 9. The van der Waals surface area contributed by atoms with Gasteiger partial charge in [0.05, 0.1) is 17.0 Å². The Morgan fingerprint density at radius 2 is 1.88 bits per heavy atom. The van der Waals surface area contributed by atoms with E-state index in [-0.39, 0.29) is 17.9 Å². The third kappa shape index (κ3) is 5.68. The number of anilines is 2. The first kappa shape index (κ1) is 25.6. The quantitative estimate of drug-likeness (QED) is 0.185. The van der Waals surface area contributed by atoms with Crippen LogP contribution in [0, 0.1) is 11.8 Å². The van der Waals surface area contributed by atoms with Gasteiger partial charge < -0.3 is 24.6 Å². The molecule has 1 fully saturated rings. The number of ether oxygens (including phenoxy) is 1. The van der Waals surface area contributed by atoms with Gasteiger partial charge in [-0.2, -0.15) is 0 Å². The maximum Gasteiger partial charge on any atom is 0.320 e. The summed E-state index contributed by atoms with van der Waals surface area (Å²) < 4.78 is 11.8. The van der Waals surface area contributed by atoms with Gasteiger partial charge in [0.25, 0.3) is 5.89 Å². The number of carboxylic acid groups (broad SMARTS) is 1. The molecule has 9 heteroatoms. The standard InChI is InChI=1S/C31H31N5O4/c1-19(30(37)38)21-10-12-22(13-11-21)23-14-15-26-27(16-23)34-28(33-26)29-35-36-31(40-29)32-24-8-5-9-25(17-24)39-18-20-6-3-2-4-7-20/h2-9,14-17,19,21-22H,10-13,18H2,1H3,(H,32,36)(H,33,34)(H,37,38)/t19?,21-,22-. The van der Waals surface area contributed by atoms with Crippen LogP contribution in [-0.4, -0.2) is 31.2 Å². The van der Waals surface area contributed by atoms with Crippen LogP contribution < -0.4 is 10.1 Å². The number of aromatic nitrogens is 4. The molecule has 2 aromatic heterocycles. The van der Waals surface area contributed by atoms with Crippen molar-refractivity contribution in [2.24, 2.45) is 11.8 Å². The van der Waals surface area contributed by atoms with E-state index in [0.29, 0.717) is 24.2 Å². The minimum atomic E-state index is -0.699. The van der Waals surface area contributed by atoms with Crippen molar-refractivity contribution in [3.8, 4) is 17.5 Å². The zero-order valence-electron chi connectivity index (χ0n) is 22.2. The van der Waals surface area contributed by atoms with Crippen molar-refractivity contribution in [3.05, 3.63) is 83.9 Å². The average Bonchev–Trinajstić information content (AvgIpc) is 3.63. The molecule has 6 rings (SSSR count). The van der Waals surface area contributed by atoms with Crippen molar-refractivity contribution < 1.29 is 19.1 Å². The first-order chi connectivity index (χ1) is 19.5. The minimum Gasteiger partial charge on any atom is -0.489 e. The molecule has 1 atom stereocenters. The number of hydrogen-bond donors (Lipinski definition) is 3. The predicted molar refractivity (Wildman–Crippen MR) is 151 cm³/mol. The molecule has 1 aliphatic rings. The van der Waals surface area contributed by atoms with E-state index in [1.807, 2.05) is 67.6 Å². The zero-order chi connectivity index (χ0) is 27.5. The van der Waals surface area contributed by atoms with E-state index in [1.165, 1.54) is 5.56 Å². The summed E-state index contributed by atoms with van der Waals surface area (Å²) in [6.45, 7) is 2.30. The van der Waals surface area contributed by atoms with Crippen molar-refractivity contribution in [2.45, 2.75) is 45.1 Å². The van der Waals surface area contributed by atoms with Crippen LogP contribution in [0.3, 0.4) is 0 Å². The van der Waals surface area contributed by atoms with Gasteiger partial charge in [0.15, 0.2) is 5.82 Å². The average molecular weight is 538 g/mol. The number of nitrogens with zero attached hydrogens (tertiary/aromatic N) is 3. The lowest BCUT2D eigenvalue weighted by atomic mass is 9.74. The van der Waals surface area contributed by atoms with Crippen molar-refractivity contribution in [2.75, 3.05) is 5.32 Å². The Labute approximate surface area is 231 Å². The fraction of sp³-hybridized carbons (Fsp3) is 0.290. The summed E-state index contributed by atoms with van der Waals surface area (Å²) in [7, 11) is 0. The second-order valence-corrected chi connectivity index (χ2v) is 10.4. The van der Waals surface area contributed by atoms with Crippen LogP contribution in [0.25, 0.3) is 22.7 Å². The fourth-order valence-electron chi connectivity index (χ4n) is 5.43. The Bertz CT molecular complexity index is 1600. The summed E-state index contributed by atoms with van der Waals surface area (Å²) >= 11 is 0. The van der Waals surface area contributed by atoms with E-state index < -0.39 is 5.97 Å². The van der Waals surface area contributed by atoms with E-state index in [1.54, 1.807) is 0 Å². The molecule has 9 nitrogen and oxygen atoms in total. The van der Waals surface area contributed by atoms with Crippen LogP contribution in [0.2, 0.25) is 0 Å². The lowest BCUT2D eigenvalue weighted by Gasteiger charge is -2.30. The van der Waals surface area contributed by atoms with Crippen molar-refractivity contribution in [1.29, 1.82) is 0 Å². The van der Waals surface area contributed by atoms with Crippen LogP contribution in [0.15, 0.2) is 77.2 Å². The van der Waals surface area contributed by atoms with Crippen LogP contribution in [0.4, 0.5) is 11.7 Å². The number of imidazole rings is 1. The van der Waals surface area contributed by atoms with Gasteiger partial charge in [-0.25, -0.2) is 4.98 Å². The number of aromatic amines is 1. The molecule has 3 N–H and O–H groups in total. The second-order valence-electron chi connectivity index (χ2n) is 10.4. The van der Waals surface area contributed by atoms with E-state index in [0.717, 1.165) is 53.7 Å². The highest BCUT2D eigenvalue weighted by atomic mass is 16.5. The van der Waals surface area contributed by atoms with Crippen molar-refractivity contribution in [1.82, 2.24) is 20.2 Å². The summed E-state index contributed by atoms with van der Waals surface area (Å²) in [6, 6.07) is 24.1. The van der Waals surface area contributed by atoms with Gasteiger partial charge in [-0.1, -0.05) is 54.5 Å². The summed E-state index contributed by atoms with van der Waals surface area (Å²) in [5.74, 6) is 1.20. The van der Waals surface area contributed by atoms with Crippen LogP contribution in [0.1, 0.15) is 49.7 Å². The molecule has 204 valence electrons. The minimum absolute atomic E-state index is 0.249. The monoisotopic (exact) mass is 537 g/mol. The number of aliphatic carboxylic acids is 1. The summed E-state index contributed by atoms with van der Waals surface area (Å²) in [5, 5.41) is 20.8. The molecule has 1 aliphatic carbocycles. The first-order valence-corrected chi connectivity index (χ1v) is 13.6. The first-order valence-electron chi connectivity index (χ1n) is 13.6. The van der Waals surface area contributed by atoms with Crippen LogP contribution >= 0.6 is 0 Å². The summed E-state index contributed by atoms with van der Waals surface area (Å²) in [4.78, 5) is 19.3.